The summed E-state index contributed by atoms with van der Waals surface area (Å²) in [5, 5.41) is 3.07. The minimum Gasteiger partial charge on any atom is -0.496 e. The predicted octanol–water partition coefficient (Wildman–Crippen LogP) is 3.66. The molecule has 0 radical (unpaired) electrons. The Morgan fingerprint density at radius 2 is 2.04 bits per heavy atom. The molecular weight excluding hydrogens is 320 g/mol. The summed E-state index contributed by atoms with van der Waals surface area (Å²) in [6, 6.07) is 9.97. The van der Waals surface area contributed by atoms with Crippen LogP contribution in [0.3, 0.4) is 0 Å². The molecule has 0 bridgehead atoms. The van der Waals surface area contributed by atoms with Crippen molar-refractivity contribution in [3.8, 4) is 5.75 Å². The van der Waals surface area contributed by atoms with Gasteiger partial charge in [0.15, 0.2) is 0 Å². The van der Waals surface area contributed by atoms with Gasteiger partial charge in [-0.15, -0.1) is 11.3 Å². The number of hydrogen-bond acceptors (Lipinski definition) is 4. The topological polar surface area (TPSA) is 41.6 Å². The first-order valence-electron chi connectivity index (χ1n) is 8.14. The Kier molecular flexibility index (Phi) is 6.40. The molecule has 1 aromatic heterocycles. The number of carbonyl (C=O) groups is 1. The minimum absolute atomic E-state index is 0.00968. The Balaban J connectivity index is 2.12. The molecule has 0 aliphatic heterocycles. The highest BCUT2D eigenvalue weighted by atomic mass is 32.1. The van der Waals surface area contributed by atoms with E-state index < -0.39 is 0 Å². The van der Waals surface area contributed by atoms with Crippen LogP contribution >= 0.6 is 11.3 Å². The highest BCUT2D eigenvalue weighted by Gasteiger charge is 2.20. The molecule has 1 N–H and O–H groups in total. The van der Waals surface area contributed by atoms with E-state index in [1.807, 2.05) is 44.4 Å². The quantitative estimate of drug-likeness (QED) is 0.832. The number of hydrogen-bond donors (Lipinski definition) is 1. The van der Waals surface area contributed by atoms with E-state index in [9.17, 15) is 4.79 Å². The zero-order chi connectivity index (χ0) is 17.7. The Morgan fingerprint density at radius 3 is 2.62 bits per heavy atom. The molecule has 130 valence electrons. The summed E-state index contributed by atoms with van der Waals surface area (Å²) >= 11 is 1.58. The monoisotopic (exact) mass is 346 g/mol. The van der Waals surface area contributed by atoms with Crippen LogP contribution in [0.25, 0.3) is 0 Å². The Hall–Kier alpha value is -1.85. The fourth-order valence-electron chi connectivity index (χ4n) is 2.77. The Morgan fingerprint density at radius 1 is 1.33 bits per heavy atom. The SMILES string of the molecule is CCc1sc(C(=O)NCC(c2ccccc2OC)N(C)C)cc1C. The van der Waals surface area contributed by atoms with Crippen LogP contribution in [0.5, 0.6) is 5.75 Å². The van der Waals surface area contributed by atoms with Gasteiger partial charge in [-0.1, -0.05) is 25.1 Å². The van der Waals surface area contributed by atoms with E-state index in [0.29, 0.717) is 6.54 Å². The number of benzene rings is 1. The lowest BCUT2D eigenvalue weighted by atomic mass is 10.0. The van der Waals surface area contributed by atoms with Crippen LogP contribution in [-0.4, -0.2) is 38.6 Å². The molecule has 0 spiro atoms. The molecule has 0 fully saturated rings. The van der Waals surface area contributed by atoms with E-state index in [4.69, 9.17) is 4.74 Å². The molecule has 2 rings (SSSR count). The maximum Gasteiger partial charge on any atom is 0.261 e. The number of carbonyl (C=O) groups excluding carboxylic acids is 1. The minimum atomic E-state index is -0.00968. The van der Waals surface area contributed by atoms with Crippen LogP contribution < -0.4 is 10.1 Å². The molecule has 1 amide bonds. The number of likely N-dealkylation sites (N-methyl/N-ethyl adjacent to an activating group) is 1. The molecule has 0 aliphatic carbocycles. The molecule has 1 atom stereocenters. The van der Waals surface area contributed by atoms with Crippen LogP contribution in [0, 0.1) is 6.92 Å². The normalized spacial score (nSPS) is 12.2. The van der Waals surface area contributed by atoms with Crippen LogP contribution in [0.15, 0.2) is 30.3 Å². The van der Waals surface area contributed by atoms with Crippen molar-refractivity contribution in [1.29, 1.82) is 0 Å². The number of aryl methyl sites for hydroxylation is 2. The lowest BCUT2D eigenvalue weighted by Gasteiger charge is -2.26. The van der Waals surface area contributed by atoms with E-state index >= 15 is 0 Å². The second kappa shape index (κ2) is 8.31. The first-order chi connectivity index (χ1) is 11.5. The summed E-state index contributed by atoms with van der Waals surface area (Å²) in [7, 11) is 5.69. The van der Waals surface area contributed by atoms with Crippen molar-refractivity contribution in [3.05, 3.63) is 51.2 Å². The van der Waals surface area contributed by atoms with Gasteiger partial charge in [0.05, 0.1) is 18.0 Å². The molecule has 0 saturated heterocycles. The van der Waals surface area contributed by atoms with Crippen LogP contribution in [0.4, 0.5) is 0 Å². The van der Waals surface area contributed by atoms with Crippen molar-refractivity contribution in [2.75, 3.05) is 27.7 Å². The first kappa shape index (κ1) is 18.5. The number of rotatable bonds is 7. The lowest BCUT2D eigenvalue weighted by molar-refractivity contribution is 0.0945. The highest BCUT2D eigenvalue weighted by Crippen LogP contribution is 2.28. The number of para-hydroxylation sites is 1. The molecule has 24 heavy (non-hydrogen) atoms. The summed E-state index contributed by atoms with van der Waals surface area (Å²) in [5.41, 5.74) is 2.27. The fraction of sp³-hybridized carbons (Fsp3) is 0.421. The van der Waals surface area contributed by atoms with Crippen molar-refractivity contribution in [3.63, 3.8) is 0 Å². The molecule has 0 aliphatic rings. The maximum absolute atomic E-state index is 12.5. The van der Waals surface area contributed by atoms with Gasteiger partial charge in [-0.05, 0) is 45.1 Å². The summed E-state index contributed by atoms with van der Waals surface area (Å²) in [5.74, 6) is 0.829. The van der Waals surface area contributed by atoms with Crippen LogP contribution in [0.2, 0.25) is 0 Å². The van der Waals surface area contributed by atoms with Gasteiger partial charge in [0.25, 0.3) is 5.91 Å². The van der Waals surface area contributed by atoms with Gasteiger partial charge in [0, 0.05) is 17.0 Å². The average molecular weight is 346 g/mol. The molecule has 1 aromatic carbocycles. The zero-order valence-electron chi connectivity index (χ0n) is 15.1. The van der Waals surface area contributed by atoms with Gasteiger partial charge >= 0.3 is 0 Å². The predicted molar refractivity (Wildman–Crippen MR) is 100 cm³/mol. The number of thiophene rings is 1. The fourth-order valence-corrected chi connectivity index (χ4v) is 3.80. The van der Waals surface area contributed by atoms with E-state index in [1.165, 1.54) is 10.4 Å². The highest BCUT2D eigenvalue weighted by molar-refractivity contribution is 7.14. The summed E-state index contributed by atoms with van der Waals surface area (Å²) in [6.45, 7) is 4.71. The smallest absolute Gasteiger partial charge is 0.261 e. The van der Waals surface area contributed by atoms with E-state index in [-0.39, 0.29) is 11.9 Å². The van der Waals surface area contributed by atoms with Gasteiger partial charge in [-0.3, -0.25) is 4.79 Å². The van der Waals surface area contributed by atoms with Crippen molar-refractivity contribution in [2.24, 2.45) is 0 Å². The van der Waals surface area contributed by atoms with Gasteiger partial charge in [0.2, 0.25) is 0 Å². The summed E-state index contributed by atoms with van der Waals surface area (Å²) < 4.78 is 5.46. The van der Waals surface area contributed by atoms with Gasteiger partial charge in [-0.25, -0.2) is 0 Å². The largest absolute Gasteiger partial charge is 0.496 e. The van der Waals surface area contributed by atoms with Gasteiger partial charge in [-0.2, -0.15) is 0 Å². The molecule has 4 nitrogen and oxygen atoms in total. The maximum atomic E-state index is 12.5. The summed E-state index contributed by atoms with van der Waals surface area (Å²) in [4.78, 5) is 16.6. The molecule has 2 aromatic rings. The van der Waals surface area contributed by atoms with Crippen molar-refractivity contribution in [1.82, 2.24) is 10.2 Å². The van der Waals surface area contributed by atoms with E-state index in [0.717, 1.165) is 22.6 Å². The van der Waals surface area contributed by atoms with E-state index in [1.54, 1.807) is 18.4 Å². The average Bonchev–Trinajstić information content (AvgIpc) is 2.96. The number of ether oxygens (including phenoxy) is 1. The molecule has 0 saturated carbocycles. The first-order valence-corrected chi connectivity index (χ1v) is 8.96. The number of nitrogens with one attached hydrogen (secondary N) is 1. The standard InChI is InChI=1S/C19H26N2O2S/c1-6-17-13(2)11-18(24-17)19(22)20-12-15(21(3)4)14-9-7-8-10-16(14)23-5/h7-11,15H,6,12H2,1-5H3,(H,20,22). The Bertz CT molecular complexity index is 694. The van der Waals surface area contributed by atoms with Crippen molar-refractivity contribution >= 4 is 17.2 Å². The molecule has 1 unspecified atom stereocenters. The number of amides is 1. The second-order valence-corrected chi connectivity index (χ2v) is 7.14. The molecular formula is C19H26N2O2S. The lowest BCUT2D eigenvalue weighted by Crippen LogP contribution is -2.34. The third-order valence-electron chi connectivity index (χ3n) is 4.14. The zero-order valence-corrected chi connectivity index (χ0v) is 15.9. The van der Waals surface area contributed by atoms with Crippen molar-refractivity contribution in [2.45, 2.75) is 26.3 Å². The second-order valence-electron chi connectivity index (χ2n) is 6.00. The van der Waals surface area contributed by atoms with Gasteiger partial charge < -0.3 is 15.0 Å². The van der Waals surface area contributed by atoms with E-state index in [2.05, 4.69) is 24.1 Å². The van der Waals surface area contributed by atoms with Crippen LogP contribution in [0.1, 0.15) is 38.6 Å². The number of methoxy groups -OCH3 is 1. The summed E-state index contributed by atoms with van der Waals surface area (Å²) in [6.07, 6.45) is 0.964. The number of nitrogens with zero attached hydrogens (tertiary/aromatic N) is 1. The molecule has 1 heterocycles. The van der Waals surface area contributed by atoms with Crippen LogP contribution in [-0.2, 0) is 6.42 Å². The third-order valence-corrected chi connectivity index (χ3v) is 5.52. The molecule has 5 heteroatoms. The van der Waals surface area contributed by atoms with Crippen molar-refractivity contribution < 1.29 is 9.53 Å². The Labute approximate surface area is 148 Å². The van der Waals surface area contributed by atoms with Gasteiger partial charge in [0.1, 0.15) is 5.75 Å². The third kappa shape index (κ3) is 4.16.